The second-order valence-electron chi connectivity index (χ2n) is 5.81. The largest absolute Gasteiger partial charge is 0.331 e. The smallest absolute Gasteiger partial charge is 0.319 e. The number of hydrogen-bond donors (Lipinski definition) is 2. The van der Waals surface area contributed by atoms with E-state index in [0.717, 1.165) is 5.56 Å². The number of hydrogen-bond acceptors (Lipinski definition) is 3. The molecule has 24 heavy (non-hydrogen) atoms. The molecule has 1 unspecified atom stereocenters. The van der Waals surface area contributed by atoms with Crippen LogP contribution in [0, 0.1) is 6.92 Å². The normalized spacial score (nSPS) is 18.5. The molecule has 0 saturated heterocycles. The van der Waals surface area contributed by atoms with Gasteiger partial charge in [0.05, 0.1) is 16.7 Å². The van der Waals surface area contributed by atoms with Crippen molar-refractivity contribution in [3.8, 4) is 0 Å². The molecule has 0 radical (unpaired) electrons. The Balaban J connectivity index is 1.81. The van der Waals surface area contributed by atoms with Gasteiger partial charge in [-0.25, -0.2) is 13.2 Å². The number of sulfone groups is 1. The highest BCUT2D eigenvalue weighted by atomic mass is 35.5. The number of anilines is 1. The predicted octanol–water partition coefficient (Wildman–Crippen LogP) is 3.69. The fourth-order valence-electron chi connectivity index (χ4n) is 2.81. The van der Waals surface area contributed by atoms with Crippen LogP contribution in [0.5, 0.6) is 0 Å². The van der Waals surface area contributed by atoms with E-state index in [2.05, 4.69) is 10.6 Å². The standard InChI is InChI=1S/C17H17ClN2O3S/c1-11-3-2-4-13(9-11)19-17(21)20-15-7-8-24(22,23)16-6-5-12(18)10-14(15)16/h2-6,9-10,15H,7-8H2,1H3,(H2,19,20,21). The summed E-state index contributed by atoms with van der Waals surface area (Å²) in [4.78, 5) is 12.5. The minimum atomic E-state index is -3.32. The number of amides is 2. The molecular formula is C17H17ClN2O3S. The lowest BCUT2D eigenvalue weighted by Crippen LogP contribution is -2.36. The number of aryl methyl sites for hydroxylation is 1. The second kappa shape index (κ2) is 6.45. The molecule has 2 amide bonds. The number of nitrogens with one attached hydrogen (secondary N) is 2. The lowest BCUT2D eigenvalue weighted by Gasteiger charge is -2.26. The van der Waals surface area contributed by atoms with Crippen LogP contribution in [0.3, 0.4) is 0 Å². The number of fused-ring (bicyclic) bond motifs is 1. The van der Waals surface area contributed by atoms with Crippen LogP contribution < -0.4 is 10.6 Å². The van der Waals surface area contributed by atoms with Gasteiger partial charge in [-0.2, -0.15) is 0 Å². The lowest BCUT2D eigenvalue weighted by molar-refractivity contribution is 0.248. The molecule has 1 atom stereocenters. The van der Waals surface area contributed by atoms with Gasteiger partial charge in [0.1, 0.15) is 0 Å². The average Bonchev–Trinajstić information content (AvgIpc) is 2.50. The van der Waals surface area contributed by atoms with E-state index in [4.69, 9.17) is 11.6 Å². The van der Waals surface area contributed by atoms with Gasteiger partial charge in [0.25, 0.3) is 0 Å². The van der Waals surface area contributed by atoms with Gasteiger partial charge < -0.3 is 10.6 Å². The molecule has 0 fully saturated rings. The van der Waals surface area contributed by atoms with Crippen molar-refractivity contribution >= 4 is 33.2 Å². The number of carbonyl (C=O) groups excluding carboxylic acids is 1. The van der Waals surface area contributed by atoms with Gasteiger partial charge in [-0.05, 0) is 54.8 Å². The predicted molar refractivity (Wildman–Crippen MR) is 94.2 cm³/mol. The van der Waals surface area contributed by atoms with Crippen molar-refractivity contribution in [2.45, 2.75) is 24.3 Å². The molecule has 0 bridgehead atoms. The molecule has 7 heteroatoms. The summed E-state index contributed by atoms with van der Waals surface area (Å²) in [6.45, 7) is 1.94. The number of carbonyl (C=O) groups is 1. The number of urea groups is 1. The maximum absolute atomic E-state index is 12.2. The molecule has 0 aromatic heterocycles. The molecule has 1 aliphatic heterocycles. The number of rotatable bonds is 2. The van der Waals surface area contributed by atoms with E-state index < -0.39 is 15.9 Å². The summed E-state index contributed by atoms with van der Waals surface area (Å²) in [6.07, 6.45) is 0.316. The molecule has 2 aromatic rings. The maximum Gasteiger partial charge on any atom is 0.319 e. The molecule has 2 aromatic carbocycles. The van der Waals surface area contributed by atoms with E-state index in [1.807, 2.05) is 25.1 Å². The third-order valence-corrected chi connectivity index (χ3v) is 5.99. The molecule has 0 saturated carbocycles. The van der Waals surface area contributed by atoms with Gasteiger partial charge >= 0.3 is 6.03 Å². The minimum Gasteiger partial charge on any atom is -0.331 e. The summed E-state index contributed by atoms with van der Waals surface area (Å²) in [5.74, 6) is -0.00295. The summed E-state index contributed by atoms with van der Waals surface area (Å²) >= 11 is 6.00. The zero-order valence-electron chi connectivity index (χ0n) is 13.0. The van der Waals surface area contributed by atoms with Crippen molar-refractivity contribution in [3.05, 3.63) is 58.6 Å². The van der Waals surface area contributed by atoms with Gasteiger partial charge in [0, 0.05) is 10.7 Å². The van der Waals surface area contributed by atoms with Crippen LogP contribution in [0.25, 0.3) is 0 Å². The van der Waals surface area contributed by atoms with Crippen LogP contribution in [0.4, 0.5) is 10.5 Å². The summed E-state index contributed by atoms with van der Waals surface area (Å²) < 4.78 is 24.3. The first-order valence-corrected chi connectivity index (χ1v) is 9.54. The Hall–Kier alpha value is -2.05. The van der Waals surface area contributed by atoms with Gasteiger partial charge in [-0.15, -0.1) is 0 Å². The summed E-state index contributed by atoms with van der Waals surface area (Å²) in [6, 6.07) is 11.3. The quantitative estimate of drug-likeness (QED) is 0.853. The van der Waals surface area contributed by atoms with Crippen LogP contribution in [-0.4, -0.2) is 20.2 Å². The number of benzene rings is 2. The van der Waals surface area contributed by atoms with Crippen molar-refractivity contribution in [1.29, 1.82) is 0 Å². The third-order valence-electron chi connectivity index (χ3n) is 3.94. The summed E-state index contributed by atoms with van der Waals surface area (Å²) in [5.41, 5.74) is 2.25. The van der Waals surface area contributed by atoms with Crippen molar-refractivity contribution in [3.63, 3.8) is 0 Å². The van der Waals surface area contributed by atoms with E-state index in [1.54, 1.807) is 18.2 Å². The molecule has 1 aliphatic rings. The average molecular weight is 365 g/mol. The second-order valence-corrected chi connectivity index (χ2v) is 8.32. The maximum atomic E-state index is 12.2. The molecule has 0 spiro atoms. The molecular weight excluding hydrogens is 348 g/mol. The fraction of sp³-hybridized carbons (Fsp3) is 0.235. The first kappa shape index (κ1) is 16.8. The van der Waals surface area contributed by atoms with E-state index in [1.165, 1.54) is 6.07 Å². The van der Waals surface area contributed by atoms with E-state index in [-0.39, 0.29) is 16.7 Å². The minimum absolute atomic E-state index is 0.00295. The van der Waals surface area contributed by atoms with E-state index in [0.29, 0.717) is 22.7 Å². The Labute approximate surface area is 145 Å². The van der Waals surface area contributed by atoms with E-state index >= 15 is 0 Å². The molecule has 5 nitrogen and oxygen atoms in total. The highest BCUT2D eigenvalue weighted by molar-refractivity contribution is 7.91. The summed E-state index contributed by atoms with van der Waals surface area (Å²) in [5, 5.41) is 6.04. The number of halogens is 1. The highest BCUT2D eigenvalue weighted by Crippen LogP contribution is 2.34. The van der Waals surface area contributed by atoms with Crippen molar-refractivity contribution in [1.82, 2.24) is 5.32 Å². The summed E-state index contributed by atoms with van der Waals surface area (Å²) in [7, 11) is -3.32. The van der Waals surface area contributed by atoms with Crippen LogP contribution in [0.2, 0.25) is 5.02 Å². The van der Waals surface area contributed by atoms with Gasteiger partial charge in [0.15, 0.2) is 9.84 Å². The van der Waals surface area contributed by atoms with E-state index in [9.17, 15) is 13.2 Å². The topological polar surface area (TPSA) is 75.3 Å². The first-order chi connectivity index (χ1) is 11.3. The molecule has 1 heterocycles. The van der Waals surface area contributed by atoms with Crippen LogP contribution in [-0.2, 0) is 9.84 Å². The molecule has 126 valence electrons. The van der Waals surface area contributed by atoms with Crippen LogP contribution in [0.15, 0.2) is 47.4 Å². The zero-order valence-corrected chi connectivity index (χ0v) is 14.6. The first-order valence-electron chi connectivity index (χ1n) is 7.51. The lowest BCUT2D eigenvalue weighted by atomic mass is 10.0. The Bertz CT molecular complexity index is 896. The van der Waals surface area contributed by atoms with Gasteiger partial charge in [-0.3, -0.25) is 0 Å². The van der Waals surface area contributed by atoms with Crippen LogP contribution >= 0.6 is 11.6 Å². The van der Waals surface area contributed by atoms with Gasteiger partial charge in [0.2, 0.25) is 0 Å². The molecule has 3 rings (SSSR count). The Morgan fingerprint density at radius 2 is 2.00 bits per heavy atom. The fourth-order valence-corrected chi connectivity index (χ4v) is 4.59. The SMILES string of the molecule is Cc1cccc(NC(=O)NC2CCS(=O)(=O)c3ccc(Cl)cc32)c1. The van der Waals surface area contributed by atoms with Crippen LogP contribution in [0.1, 0.15) is 23.6 Å². The van der Waals surface area contributed by atoms with Gasteiger partial charge in [-0.1, -0.05) is 23.7 Å². The zero-order chi connectivity index (χ0) is 17.3. The third kappa shape index (κ3) is 3.55. The van der Waals surface area contributed by atoms with Crippen molar-refractivity contribution in [2.24, 2.45) is 0 Å². The monoisotopic (exact) mass is 364 g/mol. The van der Waals surface area contributed by atoms with Crippen molar-refractivity contribution in [2.75, 3.05) is 11.1 Å². The Morgan fingerprint density at radius 1 is 1.21 bits per heavy atom. The molecule has 0 aliphatic carbocycles. The highest BCUT2D eigenvalue weighted by Gasteiger charge is 2.31. The molecule has 2 N–H and O–H groups in total. The Morgan fingerprint density at radius 3 is 2.75 bits per heavy atom. The van der Waals surface area contributed by atoms with Crippen molar-refractivity contribution < 1.29 is 13.2 Å². The Kier molecular flexibility index (Phi) is 4.51.